The number of hydrogen-bond acceptors (Lipinski definition) is 4. The van der Waals surface area contributed by atoms with Crippen LogP contribution >= 0.6 is 0 Å². The molecule has 1 atom stereocenters. The van der Waals surface area contributed by atoms with E-state index < -0.39 is 0 Å². The van der Waals surface area contributed by atoms with Crippen LogP contribution in [0.25, 0.3) is 0 Å². The number of aromatic nitrogens is 2. The second kappa shape index (κ2) is 9.21. The fourth-order valence-corrected chi connectivity index (χ4v) is 5.79. The Morgan fingerprint density at radius 2 is 1.67 bits per heavy atom. The Kier molecular flexibility index (Phi) is 6.21. The van der Waals surface area contributed by atoms with Gasteiger partial charge in [0.1, 0.15) is 5.82 Å². The third-order valence-electron chi connectivity index (χ3n) is 7.48. The van der Waals surface area contributed by atoms with Crippen molar-refractivity contribution < 1.29 is 4.74 Å². The molecule has 0 N–H and O–H groups in total. The van der Waals surface area contributed by atoms with Crippen LogP contribution in [0.5, 0.6) is 0 Å². The van der Waals surface area contributed by atoms with Crippen molar-refractivity contribution >= 4 is 0 Å². The number of benzene rings is 1. The lowest BCUT2D eigenvalue weighted by Crippen LogP contribution is -2.43. The van der Waals surface area contributed by atoms with E-state index in [-0.39, 0.29) is 0 Å². The standard InChI is InChI=1S/C25H36N4O/c1-20-17-26-25(22-10-15-30-16-11-22)29(20)24-9-14-28(19-24)23-7-12-27(13-8-23)18-21-5-3-2-4-6-21/h2-6,17,22-24H,7-16,18-19H2,1H3. The van der Waals surface area contributed by atoms with Gasteiger partial charge in [-0.3, -0.25) is 9.80 Å². The van der Waals surface area contributed by atoms with E-state index in [0.29, 0.717) is 12.0 Å². The molecule has 3 fully saturated rings. The first-order chi connectivity index (χ1) is 14.8. The van der Waals surface area contributed by atoms with Gasteiger partial charge in [-0.1, -0.05) is 30.3 Å². The predicted octanol–water partition coefficient (Wildman–Crippen LogP) is 4.00. The predicted molar refractivity (Wildman–Crippen MR) is 120 cm³/mol. The van der Waals surface area contributed by atoms with Gasteiger partial charge in [0, 0.05) is 62.7 Å². The number of nitrogens with zero attached hydrogens (tertiary/aromatic N) is 4. The zero-order valence-electron chi connectivity index (χ0n) is 18.4. The molecule has 0 bridgehead atoms. The summed E-state index contributed by atoms with van der Waals surface area (Å²) in [6.45, 7) is 9.97. The summed E-state index contributed by atoms with van der Waals surface area (Å²) in [5.41, 5.74) is 2.77. The lowest BCUT2D eigenvalue weighted by molar-refractivity contribution is 0.0822. The maximum Gasteiger partial charge on any atom is 0.112 e. The fraction of sp³-hybridized carbons (Fsp3) is 0.640. The molecule has 5 rings (SSSR count). The number of piperidine rings is 1. The van der Waals surface area contributed by atoms with Crippen molar-refractivity contribution in [3.63, 3.8) is 0 Å². The maximum absolute atomic E-state index is 5.59. The van der Waals surface area contributed by atoms with Crippen LogP contribution in [0, 0.1) is 6.92 Å². The third-order valence-corrected chi connectivity index (χ3v) is 7.48. The molecule has 0 amide bonds. The molecule has 4 heterocycles. The molecule has 162 valence electrons. The van der Waals surface area contributed by atoms with Gasteiger partial charge in [-0.05, 0) is 57.7 Å². The number of imidazole rings is 1. The van der Waals surface area contributed by atoms with Gasteiger partial charge in [-0.25, -0.2) is 4.98 Å². The summed E-state index contributed by atoms with van der Waals surface area (Å²) in [5, 5.41) is 0. The highest BCUT2D eigenvalue weighted by Crippen LogP contribution is 2.34. The molecule has 1 aromatic carbocycles. The molecular formula is C25H36N4O. The first-order valence-corrected chi connectivity index (χ1v) is 11.9. The van der Waals surface area contributed by atoms with Crippen molar-refractivity contribution in [2.45, 2.75) is 63.6 Å². The van der Waals surface area contributed by atoms with Gasteiger partial charge in [0.2, 0.25) is 0 Å². The first kappa shape index (κ1) is 20.2. The van der Waals surface area contributed by atoms with E-state index in [1.54, 1.807) is 0 Å². The Balaban J connectivity index is 1.18. The lowest BCUT2D eigenvalue weighted by Gasteiger charge is -2.37. The normalized spacial score (nSPS) is 25.2. The van der Waals surface area contributed by atoms with Crippen LogP contribution < -0.4 is 0 Å². The third kappa shape index (κ3) is 4.34. The molecular weight excluding hydrogens is 372 g/mol. The summed E-state index contributed by atoms with van der Waals surface area (Å²) in [6, 6.07) is 12.2. The highest BCUT2D eigenvalue weighted by Gasteiger charge is 2.34. The molecule has 5 nitrogen and oxygen atoms in total. The van der Waals surface area contributed by atoms with Crippen molar-refractivity contribution in [1.29, 1.82) is 0 Å². The van der Waals surface area contributed by atoms with Gasteiger partial charge >= 0.3 is 0 Å². The monoisotopic (exact) mass is 408 g/mol. The Morgan fingerprint density at radius 3 is 2.43 bits per heavy atom. The second-order valence-electron chi connectivity index (χ2n) is 9.44. The molecule has 0 spiro atoms. The topological polar surface area (TPSA) is 33.5 Å². The van der Waals surface area contributed by atoms with Gasteiger partial charge in [-0.2, -0.15) is 0 Å². The molecule has 1 unspecified atom stereocenters. The first-order valence-electron chi connectivity index (χ1n) is 11.9. The zero-order valence-corrected chi connectivity index (χ0v) is 18.4. The van der Waals surface area contributed by atoms with Crippen molar-refractivity contribution in [3.8, 4) is 0 Å². The van der Waals surface area contributed by atoms with E-state index in [1.165, 1.54) is 62.5 Å². The van der Waals surface area contributed by atoms with Crippen LogP contribution in [-0.2, 0) is 11.3 Å². The number of aryl methyl sites for hydroxylation is 1. The minimum atomic E-state index is 0.572. The van der Waals surface area contributed by atoms with Crippen LogP contribution in [-0.4, -0.2) is 64.8 Å². The number of ether oxygens (including phenoxy) is 1. The maximum atomic E-state index is 5.59. The average Bonchev–Trinajstić information content (AvgIpc) is 3.42. The summed E-state index contributed by atoms with van der Waals surface area (Å²) in [7, 11) is 0. The van der Waals surface area contributed by atoms with E-state index in [4.69, 9.17) is 9.72 Å². The molecule has 30 heavy (non-hydrogen) atoms. The summed E-state index contributed by atoms with van der Waals surface area (Å²) >= 11 is 0. The molecule has 3 aliphatic rings. The Bertz CT molecular complexity index is 806. The molecule has 1 aromatic heterocycles. The average molecular weight is 409 g/mol. The minimum Gasteiger partial charge on any atom is -0.381 e. The summed E-state index contributed by atoms with van der Waals surface area (Å²) in [6.07, 6.45) is 8.19. The summed E-state index contributed by atoms with van der Waals surface area (Å²) in [4.78, 5) is 10.3. The number of likely N-dealkylation sites (tertiary alicyclic amines) is 2. The van der Waals surface area contributed by atoms with Gasteiger partial charge in [0.15, 0.2) is 0 Å². The number of hydrogen-bond donors (Lipinski definition) is 0. The Labute approximate surface area is 181 Å². The van der Waals surface area contributed by atoms with Crippen LogP contribution in [0.2, 0.25) is 0 Å². The quantitative estimate of drug-likeness (QED) is 0.749. The number of rotatable bonds is 5. The zero-order chi connectivity index (χ0) is 20.3. The van der Waals surface area contributed by atoms with E-state index in [9.17, 15) is 0 Å². The summed E-state index contributed by atoms with van der Waals surface area (Å²) in [5.74, 6) is 1.89. The Morgan fingerprint density at radius 1 is 0.933 bits per heavy atom. The summed E-state index contributed by atoms with van der Waals surface area (Å²) < 4.78 is 8.17. The van der Waals surface area contributed by atoms with E-state index in [2.05, 4.69) is 57.8 Å². The lowest BCUT2D eigenvalue weighted by atomic mass is 9.99. The van der Waals surface area contributed by atoms with Crippen molar-refractivity contribution in [2.75, 3.05) is 39.4 Å². The van der Waals surface area contributed by atoms with E-state index >= 15 is 0 Å². The molecule has 0 saturated carbocycles. The molecule has 0 radical (unpaired) electrons. The van der Waals surface area contributed by atoms with Gasteiger partial charge < -0.3 is 9.30 Å². The highest BCUT2D eigenvalue weighted by molar-refractivity contribution is 5.15. The smallest absolute Gasteiger partial charge is 0.112 e. The van der Waals surface area contributed by atoms with Gasteiger partial charge in [0.25, 0.3) is 0 Å². The highest BCUT2D eigenvalue weighted by atomic mass is 16.5. The fourth-order valence-electron chi connectivity index (χ4n) is 5.79. The molecule has 0 aliphatic carbocycles. The van der Waals surface area contributed by atoms with E-state index in [0.717, 1.165) is 38.6 Å². The van der Waals surface area contributed by atoms with Gasteiger partial charge in [0.05, 0.1) is 0 Å². The Hall–Kier alpha value is -1.69. The van der Waals surface area contributed by atoms with Crippen molar-refractivity contribution in [2.24, 2.45) is 0 Å². The molecule has 3 aliphatic heterocycles. The van der Waals surface area contributed by atoms with Crippen LogP contribution in [0.3, 0.4) is 0 Å². The van der Waals surface area contributed by atoms with Gasteiger partial charge in [-0.15, -0.1) is 0 Å². The van der Waals surface area contributed by atoms with Crippen LogP contribution in [0.4, 0.5) is 0 Å². The second-order valence-corrected chi connectivity index (χ2v) is 9.44. The van der Waals surface area contributed by atoms with Crippen LogP contribution in [0.1, 0.15) is 61.1 Å². The largest absolute Gasteiger partial charge is 0.381 e. The molecule has 3 saturated heterocycles. The van der Waals surface area contributed by atoms with Crippen molar-refractivity contribution in [3.05, 3.63) is 53.6 Å². The molecule has 2 aromatic rings. The van der Waals surface area contributed by atoms with Crippen LogP contribution in [0.15, 0.2) is 36.5 Å². The molecule has 5 heteroatoms. The van der Waals surface area contributed by atoms with E-state index in [1.807, 2.05) is 0 Å². The minimum absolute atomic E-state index is 0.572. The SMILES string of the molecule is Cc1cnc(C2CCOCC2)n1C1CCN(C2CCN(Cc3ccccc3)CC2)C1. The van der Waals surface area contributed by atoms with Crippen molar-refractivity contribution in [1.82, 2.24) is 19.4 Å².